The van der Waals surface area contributed by atoms with E-state index in [1.807, 2.05) is 4.90 Å². The van der Waals surface area contributed by atoms with E-state index in [1.54, 1.807) is 24.5 Å². The van der Waals surface area contributed by atoms with Crippen LogP contribution >= 0.6 is 0 Å². The molecular formula is C19H23N5O2. The monoisotopic (exact) mass is 353 g/mol. The lowest BCUT2D eigenvalue weighted by atomic mass is 9.95. The number of aryl methyl sites for hydroxylation is 1. The molecule has 7 nitrogen and oxygen atoms in total. The molecule has 3 heterocycles. The summed E-state index contributed by atoms with van der Waals surface area (Å²) < 4.78 is 0. The van der Waals surface area contributed by atoms with Crippen molar-refractivity contribution in [3.8, 4) is 0 Å². The lowest BCUT2D eigenvalue weighted by Crippen LogP contribution is -2.46. The number of carbonyl (C=O) groups excluding carboxylic acids is 2. The summed E-state index contributed by atoms with van der Waals surface area (Å²) in [6.07, 6.45) is 8.95. The van der Waals surface area contributed by atoms with E-state index in [1.165, 1.54) is 0 Å². The molecule has 0 aromatic carbocycles. The van der Waals surface area contributed by atoms with Crippen LogP contribution in [-0.4, -0.2) is 51.0 Å². The number of nitrogens with one attached hydrogen (secondary N) is 2. The number of piperidine rings is 1. The maximum absolute atomic E-state index is 12.6. The zero-order chi connectivity index (χ0) is 17.9. The van der Waals surface area contributed by atoms with Gasteiger partial charge in [-0.05, 0) is 50.7 Å². The summed E-state index contributed by atoms with van der Waals surface area (Å²) in [7, 11) is 0. The van der Waals surface area contributed by atoms with Crippen LogP contribution in [0.1, 0.15) is 57.8 Å². The summed E-state index contributed by atoms with van der Waals surface area (Å²) in [4.78, 5) is 30.9. The molecule has 1 saturated heterocycles. The maximum Gasteiger partial charge on any atom is 0.272 e. The van der Waals surface area contributed by atoms with E-state index >= 15 is 0 Å². The standard InChI is InChI=1S/C19H23N5O2/c25-18(17-15-3-1-2-4-16(15)22-23-17)21-14-7-11-24(12-8-14)19(26)13-5-9-20-10-6-13/h5-6,9-10,14H,1-4,7-8,11-12H2,(H,21,25)(H,22,23). The van der Waals surface area contributed by atoms with Gasteiger partial charge in [-0.2, -0.15) is 5.10 Å². The van der Waals surface area contributed by atoms with Crippen molar-refractivity contribution in [1.29, 1.82) is 0 Å². The molecule has 2 N–H and O–H groups in total. The number of aromatic nitrogens is 3. The summed E-state index contributed by atoms with van der Waals surface area (Å²) in [6.45, 7) is 1.29. The number of amides is 2. The molecule has 0 saturated carbocycles. The van der Waals surface area contributed by atoms with Crippen molar-refractivity contribution >= 4 is 11.8 Å². The van der Waals surface area contributed by atoms with Gasteiger partial charge in [0, 0.05) is 48.3 Å². The minimum Gasteiger partial charge on any atom is -0.348 e. The molecule has 1 aliphatic heterocycles. The molecule has 0 unspecified atom stereocenters. The van der Waals surface area contributed by atoms with Gasteiger partial charge in [-0.25, -0.2) is 0 Å². The third-order valence-electron chi connectivity index (χ3n) is 5.32. The van der Waals surface area contributed by atoms with Crippen molar-refractivity contribution in [1.82, 2.24) is 25.4 Å². The fourth-order valence-corrected chi connectivity index (χ4v) is 3.83. The van der Waals surface area contributed by atoms with Crippen molar-refractivity contribution < 1.29 is 9.59 Å². The predicted octanol–water partition coefficient (Wildman–Crippen LogP) is 1.72. The Hall–Kier alpha value is -2.70. The molecule has 2 aliphatic rings. The van der Waals surface area contributed by atoms with E-state index in [4.69, 9.17) is 0 Å². The average Bonchev–Trinajstić information content (AvgIpc) is 3.13. The van der Waals surface area contributed by atoms with Crippen LogP contribution in [0.5, 0.6) is 0 Å². The molecule has 0 bridgehead atoms. The summed E-state index contributed by atoms with van der Waals surface area (Å²) in [6, 6.07) is 3.55. The molecule has 0 radical (unpaired) electrons. The molecule has 2 aromatic rings. The number of hydrogen-bond donors (Lipinski definition) is 2. The van der Waals surface area contributed by atoms with Crippen molar-refractivity contribution in [3.63, 3.8) is 0 Å². The van der Waals surface area contributed by atoms with Crippen LogP contribution in [0, 0.1) is 0 Å². The Morgan fingerprint density at radius 2 is 1.85 bits per heavy atom. The number of fused-ring (bicyclic) bond motifs is 1. The van der Waals surface area contributed by atoms with Gasteiger partial charge in [0.05, 0.1) is 0 Å². The highest BCUT2D eigenvalue weighted by Gasteiger charge is 2.27. The maximum atomic E-state index is 12.6. The van der Waals surface area contributed by atoms with Crippen LogP contribution < -0.4 is 5.32 Å². The van der Waals surface area contributed by atoms with E-state index in [9.17, 15) is 9.59 Å². The molecule has 1 fully saturated rings. The Balaban J connectivity index is 1.33. The normalized spacial score (nSPS) is 17.6. The highest BCUT2D eigenvalue weighted by molar-refractivity contribution is 5.95. The molecule has 0 atom stereocenters. The Labute approximate surface area is 152 Å². The first-order chi connectivity index (χ1) is 12.7. The number of H-pyrrole nitrogens is 1. The third kappa shape index (κ3) is 3.34. The first-order valence-electron chi connectivity index (χ1n) is 9.28. The first-order valence-corrected chi connectivity index (χ1v) is 9.28. The second-order valence-corrected chi connectivity index (χ2v) is 7.01. The molecule has 136 valence electrons. The molecule has 0 spiro atoms. The van der Waals surface area contributed by atoms with Crippen LogP contribution in [0.25, 0.3) is 0 Å². The molecule has 2 aromatic heterocycles. The van der Waals surface area contributed by atoms with Crippen molar-refractivity contribution in [2.75, 3.05) is 13.1 Å². The zero-order valence-corrected chi connectivity index (χ0v) is 14.7. The molecule has 7 heteroatoms. The summed E-state index contributed by atoms with van der Waals surface area (Å²) >= 11 is 0. The van der Waals surface area contributed by atoms with Crippen LogP contribution in [0.15, 0.2) is 24.5 Å². The average molecular weight is 353 g/mol. The molecule has 4 rings (SSSR count). The van der Waals surface area contributed by atoms with Crippen molar-refractivity contribution in [2.24, 2.45) is 0 Å². The molecule has 26 heavy (non-hydrogen) atoms. The van der Waals surface area contributed by atoms with Crippen LogP contribution in [0.4, 0.5) is 0 Å². The summed E-state index contributed by atoms with van der Waals surface area (Å²) in [5.74, 6) is -0.0677. The van der Waals surface area contributed by atoms with E-state index in [0.29, 0.717) is 24.3 Å². The topological polar surface area (TPSA) is 91.0 Å². The van der Waals surface area contributed by atoms with Gasteiger partial charge in [0.25, 0.3) is 11.8 Å². The van der Waals surface area contributed by atoms with Gasteiger partial charge in [-0.1, -0.05) is 0 Å². The minimum atomic E-state index is -0.0942. The molecular weight excluding hydrogens is 330 g/mol. The Morgan fingerprint density at radius 1 is 1.12 bits per heavy atom. The van der Waals surface area contributed by atoms with Gasteiger partial charge in [0.15, 0.2) is 5.69 Å². The van der Waals surface area contributed by atoms with E-state index in [2.05, 4.69) is 20.5 Å². The summed E-state index contributed by atoms with van der Waals surface area (Å²) in [5, 5.41) is 10.4. The molecule has 2 amide bonds. The number of rotatable bonds is 3. The highest BCUT2D eigenvalue weighted by atomic mass is 16.2. The Morgan fingerprint density at radius 3 is 2.62 bits per heavy atom. The van der Waals surface area contributed by atoms with Gasteiger partial charge in [-0.3, -0.25) is 19.7 Å². The second-order valence-electron chi connectivity index (χ2n) is 7.01. The quantitative estimate of drug-likeness (QED) is 0.879. The van der Waals surface area contributed by atoms with Gasteiger partial charge in [0.1, 0.15) is 0 Å². The Kier molecular flexibility index (Phi) is 4.69. The smallest absolute Gasteiger partial charge is 0.272 e. The third-order valence-corrected chi connectivity index (χ3v) is 5.32. The molecule has 1 aliphatic carbocycles. The first kappa shape index (κ1) is 16.8. The summed E-state index contributed by atoms with van der Waals surface area (Å²) in [5.41, 5.74) is 3.40. The van der Waals surface area contributed by atoms with Gasteiger partial charge in [-0.15, -0.1) is 0 Å². The largest absolute Gasteiger partial charge is 0.348 e. The number of likely N-dealkylation sites (tertiary alicyclic amines) is 1. The number of aromatic amines is 1. The van der Waals surface area contributed by atoms with Gasteiger partial charge >= 0.3 is 0 Å². The second kappa shape index (κ2) is 7.27. The SMILES string of the molecule is O=C(NC1CCN(C(=O)c2ccncc2)CC1)c1n[nH]c2c1CCCC2. The van der Waals surface area contributed by atoms with Crippen LogP contribution in [0.2, 0.25) is 0 Å². The number of carbonyl (C=O) groups is 2. The van der Waals surface area contributed by atoms with Crippen LogP contribution in [0.3, 0.4) is 0 Å². The predicted molar refractivity (Wildman–Crippen MR) is 95.9 cm³/mol. The van der Waals surface area contributed by atoms with Gasteiger partial charge < -0.3 is 10.2 Å². The van der Waals surface area contributed by atoms with Crippen molar-refractivity contribution in [3.05, 3.63) is 47.0 Å². The van der Waals surface area contributed by atoms with Crippen LogP contribution in [-0.2, 0) is 12.8 Å². The Bertz CT molecular complexity index is 794. The minimum absolute atomic E-state index is 0.0264. The fraction of sp³-hybridized carbons (Fsp3) is 0.474. The van der Waals surface area contributed by atoms with Crippen molar-refractivity contribution in [2.45, 2.75) is 44.6 Å². The number of hydrogen-bond acceptors (Lipinski definition) is 4. The highest BCUT2D eigenvalue weighted by Crippen LogP contribution is 2.22. The van der Waals surface area contributed by atoms with E-state index in [-0.39, 0.29) is 17.9 Å². The fourth-order valence-electron chi connectivity index (χ4n) is 3.83. The number of pyridine rings is 1. The zero-order valence-electron chi connectivity index (χ0n) is 14.7. The lowest BCUT2D eigenvalue weighted by molar-refractivity contribution is 0.0697. The van der Waals surface area contributed by atoms with Gasteiger partial charge in [0.2, 0.25) is 0 Å². The van der Waals surface area contributed by atoms with E-state index in [0.717, 1.165) is 49.8 Å². The van der Waals surface area contributed by atoms with E-state index < -0.39 is 0 Å². The number of nitrogens with zero attached hydrogens (tertiary/aromatic N) is 3. The lowest BCUT2D eigenvalue weighted by Gasteiger charge is -2.32.